The minimum Gasteiger partial charge on any atom is -0.308 e. The minimum atomic E-state index is -0.496. The molecule has 2 rings (SSSR count). The van der Waals surface area contributed by atoms with E-state index in [-0.39, 0.29) is 11.9 Å². The van der Waals surface area contributed by atoms with E-state index in [0.29, 0.717) is 0 Å². The largest absolute Gasteiger partial charge is 0.308 e. The predicted octanol–water partition coefficient (Wildman–Crippen LogP) is 2.80. The van der Waals surface area contributed by atoms with E-state index in [2.05, 4.69) is 44.3 Å². The molecule has 0 aromatic heterocycles. The number of rotatable bonds is 1. The molecular formula is C16H24N2O. The molecule has 104 valence electrons. The van der Waals surface area contributed by atoms with Gasteiger partial charge in [-0.1, -0.05) is 6.07 Å². The van der Waals surface area contributed by atoms with Gasteiger partial charge in [0.05, 0.1) is 5.54 Å². The fourth-order valence-corrected chi connectivity index (χ4v) is 2.55. The number of nitrogens with one attached hydrogen (secondary N) is 1. The quantitative estimate of drug-likeness (QED) is 0.842. The van der Waals surface area contributed by atoms with Gasteiger partial charge in [0.1, 0.15) is 0 Å². The molecular weight excluding hydrogens is 236 g/mol. The van der Waals surface area contributed by atoms with Gasteiger partial charge in [-0.2, -0.15) is 0 Å². The van der Waals surface area contributed by atoms with Crippen LogP contribution in [0.15, 0.2) is 18.2 Å². The molecule has 1 aliphatic heterocycles. The molecule has 19 heavy (non-hydrogen) atoms. The van der Waals surface area contributed by atoms with E-state index in [4.69, 9.17) is 0 Å². The Bertz CT molecular complexity index is 494. The van der Waals surface area contributed by atoms with Gasteiger partial charge >= 0.3 is 0 Å². The van der Waals surface area contributed by atoms with Crippen molar-refractivity contribution < 1.29 is 4.79 Å². The minimum absolute atomic E-state index is 0.153. The van der Waals surface area contributed by atoms with Crippen molar-refractivity contribution in [3.8, 4) is 0 Å². The molecule has 1 amide bonds. The highest BCUT2D eigenvalue weighted by Crippen LogP contribution is 2.26. The summed E-state index contributed by atoms with van der Waals surface area (Å²) in [6, 6.07) is 6.49. The SMILES string of the molecule is Cc1ccc(N2C(=O)C(C)(C)NCCC2C)cc1C. The Hall–Kier alpha value is -1.35. The maximum Gasteiger partial charge on any atom is 0.246 e. The van der Waals surface area contributed by atoms with Crippen LogP contribution in [0.4, 0.5) is 5.69 Å². The second kappa shape index (κ2) is 4.97. The molecule has 1 fully saturated rings. The maximum atomic E-state index is 12.7. The third kappa shape index (κ3) is 2.66. The molecule has 0 bridgehead atoms. The molecule has 1 N–H and O–H groups in total. The van der Waals surface area contributed by atoms with Crippen molar-refractivity contribution >= 4 is 11.6 Å². The fraction of sp³-hybridized carbons (Fsp3) is 0.562. The van der Waals surface area contributed by atoms with Gasteiger partial charge < -0.3 is 10.2 Å². The summed E-state index contributed by atoms with van der Waals surface area (Å²) >= 11 is 0. The molecule has 1 heterocycles. The van der Waals surface area contributed by atoms with Crippen LogP contribution in [0.1, 0.15) is 38.3 Å². The van der Waals surface area contributed by atoms with Crippen molar-refractivity contribution in [2.45, 2.75) is 52.6 Å². The molecule has 1 unspecified atom stereocenters. The van der Waals surface area contributed by atoms with Crippen molar-refractivity contribution in [2.24, 2.45) is 0 Å². The number of benzene rings is 1. The van der Waals surface area contributed by atoms with Crippen molar-refractivity contribution in [1.82, 2.24) is 5.32 Å². The van der Waals surface area contributed by atoms with E-state index >= 15 is 0 Å². The second-order valence-electron chi connectivity index (χ2n) is 6.13. The van der Waals surface area contributed by atoms with Crippen molar-refractivity contribution in [3.63, 3.8) is 0 Å². The summed E-state index contributed by atoms with van der Waals surface area (Å²) < 4.78 is 0. The molecule has 0 aliphatic carbocycles. The van der Waals surface area contributed by atoms with Gasteiger partial charge in [-0.15, -0.1) is 0 Å². The molecule has 1 aromatic carbocycles. The molecule has 1 aromatic rings. The summed E-state index contributed by atoms with van der Waals surface area (Å²) in [6.45, 7) is 11.1. The van der Waals surface area contributed by atoms with Crippen molar-refractivity contribution in [3.05, 3.63) is 29.3 Å². The molecule has 3 nitrogen and oxygen atoms in total. The van der Waals surface area contributed by atoms with Gasteiger partial charge in [-0.05, 0) is 70.8 Å². The predicted molar refractivity (Wildman–Crippen MR) is 79.6 cm³/mol. The van der Waals surface area contributed by atoms with Crippen LogP contribution < -0.4 is 10.2 Å². The zero-order valence-corrected chi connectivity index (χ0v) is 12.6. The van der Waals surface area contributed by atoms with E-state index in [0.717, 1.165) is 18.7 Å². The van der Waals surface area contributed by atoms with Crippen LogP contribution in [0.2, 0.25) is 0 Å². The summed E-state index contributed by atoms with van der Waals surface area (Å²) in [4.78, 5) is 14.7. The first-order valence-corrected chi connectivity index (χ1v) is 6.99. The molecule has 1 atom stereocenters. The second-order valence-corrected chi connectivity index (χ2v) is 6.13. The molecule has 3 heteroatoms. The Balaban J connectivity index is 2.43. The Morgan fingerprint density at radius 2 is 1.95 bits per heavy atom. The molecule has 0 spiro atoms. The number of carbonyl (C=O) groups excluding carboxylic acids is 1. The molecule has 0 radical (unpaired) electrons. The first kappa shape index (κ1) is 14.1. The number of carbonyl (C=O) groups is 1. The van der Waals surface area contributed by atoms with Gasteiger partial charge in [0.15, 0.2) is 0 Å². The number of amides is 1. The number of hydrogen-bond acceptors (Lipinski definition) is 2. The van der Waals surface area contributed by atoms with Gasteiger partial charge in [0.25, 0.3) is 0 Å². The zero-order chi connectivity index (χ0) is 14.2. The highest BCUT2D eigenvalue weighted by Gasteiger charge is 2.37. The number of anilines is 1. The summed E-state index contributed by atoms with van der Waals surface area (Å²) in [5.74, 6) is 0.153. The van der Waals surface area contributed by atoms with Crippen LogP contribution in [-0.2, 0) is 4.79 Å². The standard InChI is InChI=1S/C16H24N2O/c1-11-6-7-14(10-12(11)2)18-13(3)8-9-17-16(4,5)15(18)19/h6-7,10,13,17H,8-9H2,1-5H3. The average molecular weight is 260 g/mol. The van der Waals surface area contributed by atoms with Gasteiger partial charge in [0.2, 0.25) is 5.91 Å². The Morgan fingerprint density at radius 1 is 1.26 bits per heavy atom. The van der Waals surface area contributed by atoms with E-state index in [1.54, 1.807) is 0 Å². The Labute approximate surface area is 116 Å². The third-order valence-electron chi connectivity index (χ3n) is 4.09. The lowest BCUT2D eigenvalue weighted by Gasteiger charge is -2.32. The lowest BCUT2D eigenvalue weighted by molar-refractivity contribution is -0.123. The van der Waals surface area contributed by atoms with E-state index in [1.807, 2.05) is 18.7 Å². The topological polar surface area (TPSA) is 32.3 Å². The Kier molecular flexibility index (Phi) is 3.68. The summed E-state index contributed by atoms with van der Waals surface area (Å²) in [5, 5.41) is 3.34. The summed E-state index contributed by atoms with van der Waals surface area (Å²) in [5.41, 5.74) is 3.00. The Morgan fingerprint density at radius 3 is 2.58 bits per heavy atom. The summed E-state index contributed by atoms with van der Waals surface area (Å²) in [7, 11) is 0. The number of hydrogen-bond donors (Lipinski definition) is 1. The zero-order valence-electron chi connectivity index (χ0n) is 12.6. The highest BCUT2D eigenvalue weighted by atomic mass is 16.2. The van der Waals surface area contributed by atoms with Crippen molar-refractivity contribution in [2.75, 3.05) is 11.4 Å². The van der Waals surface area contributed by atoms with E-state index < -0.39 is 5.54 Å². The lowest BCUT2D eigenvalue weighted by Crippen LogP contribution is -2.53. The monoisotopic (exact) mass is 260 g/mol. The normalized spacial score (nSPS) is 23.3. The first-order valence-electron chi connectivity index (χ1n) is 6.99. The van der Waals surface area contributed by atoms with Gasteiger partial charge in [-0.3, -0.25) is 4.79 Å². The van der Waals surface area contributed by atoms with Gasteiger partial charge in [0, 0.05) is 11.7 Å². The van der Waals surface area contributed by atoms with Gasteiger partial charge in [-0.25, -0.2) is 0 Å². The third-order valence-corrected chi connectivity index (χ3v) is 4.09. The van der Waals surface area contributed by atoms with Crippen LogP contribution in [0, 0.1) is 13.8 Å². The average Bonchev–Trinajstić information content (AvgIpc) is 2.42. The maximum absolute atomic E-state index is 12.7. The number of aryl methyl sites for hydroxylation is 2. The number of nitrogens with zero attached hydrogens (tertiary/aromatic N) is 1. The first-order chi connectivity index (χ1) is 8.83. The van der Waals surface area contributed by atoms with Crippen LogP contribution in [-0.4, -0.2) is 24.0 Å². The van der Waals surface area contributed by atoms with Crippen LogP contribution in [0.5, 0.6) is 0 Å². The molecule has 1 aliphatic rings. The lowest BCUT2D eigenvalue weighted by atomic mass is 10.0. The summed E-state index contributed by atoms with van der Waals surface area (Å²) in [6.07, 6.45) is 0.974. The van der Waals surface area contributed by atoms with Crippen LogP contribution >= 0.6 is 0 Å². The van der Waals surface area contributed by atoms with Crippen molar-refractivity contribution in [1.29, 1.82) is 0 Å². The molecule has 0 saturated carbocycles. The fourth-order valence-electron chi connectivity index (χ4n) is 2.55. The van der Waals surface area contributed by atoms with Crippen LogP contribution in [0.3, 0.4) is 0 Å². The van der Waals surface area contributed by atoms with Crippen LogP contribution in [0.25, 0.3) is 0 Å². The van der Waals surface area contributed by atoms with E-state index in [1.165, 1.54) is 11.1 Å². The molecule has 1 saturated heterocycles. The highest BCUT2D eigenvalue weighted by molar-refractivity contribution is 6.00. The smallest absolute Gasteiger partial charge is 0.246 e. The van der Waals surface area contributed by atoms with E-state index in [9.17, 15) is 4.79 Å².